The second kappa shape index (κ2) is 8.69. The Bertz CT molecular complexity index is 1210. The first-order chi connectivity index (χ1) is 16.0. The van der Waals surface area contributed by atoms with Gasteiger partial charge in [0.25, 0.3) is 17.7 Å². The van der Waals surface area contributed by atoms with Crippen molar-refractivity contribution in [2.24, 2.45) is 17.6 Å². The topological polar surface area (TPSA) is 110 Å². The van der Waals surface area contributed by atoms with Gasteiger partial charge in [-0.2, -0.15) is 0 Å². The number of hydrogen-bond acceptors (Lipinski definition) is 5. The Morgan fingerprint density at radius 2 is 1.64 bits per heavy atom. The highest BCUT2D eigenvalue weighted by Gasteiger charge is 2.39. The van der Waals surface area contributed by atoms with Crippen molar-refractivity contribution in [3.63, 3.8) is 0 Å². The average molecular weight is 447 g/mol. The van der Waals surface area contributed by atoms with Crippen molar-refractivity contribution >= 4 is 28.5 Å². The molecule has 33 heavy (non-hydrogen) atoms. The summed E-state index contributed by atoms with van der Waals surface area (Å²) in [7, 11) is 0. The van der Waals surface area contributed by atoms with E-state index in [4.69, 9.17) is 10.3 Å². The van der Waals surface area contributed by atoms with E-state index in [1.807, 2.05) is 47.4 Å². The van der Waals surface area contributed by atoms with Crippen molar-refractivity contribution in [1.29, 1.82) is 0 Å². The zero-order valence-electron chi connectivity index (χ0n) is 18.3. The van der Waals surface area contributed by atoms with E-state index in [9.17, 15) is 14.4 Å². The van der Waals surface area contributed by atoms with Crippen LogP contribution >= 0.6 is 0 Å². The third-order valence-electron chi connectivity index (χ3n) is 6.83. The number of rotatable bonds is 4. The first kappa shape index (κ1) is 21.2. The fraction of sp³-hybridized carbons (Fsp3) is 0.360. The molecule has 2 aliphatic rings. The third kappa shape index (κ3) is 4.20. The average Bonchev–Trinajstić information content (AvgIpc) is 3.18. The Balaban J connectivity index is 1.23. The van der Waals surface area contributed by atoms with Crippen LogP contribution in [-0.2, 0) is 0 Å². The molecule has 5 rings (SSSR count). The van der Waals surface area contributed by atoms with Crippen LogP contribution in [0.4, 0.5) is 0 Å². The third-order valence-corrected chi connectivity index (χ3v) is 6.83. The maximum Gasteiger partial charge on any atom is 0.292 e. The highest BCUT2D eigenvalue weighted by Crippen LogP contribution is 2.32. The van der Waals surface area contributed by atoms with Gasteiger partial charge in [-0.05, 0) is 47.6 Å². The number of benzene rings is 2. The number of amides is 3. The predicted octanol–water partition coefficient (Wildman–Crippen LogP) is 2.94. The van der Waals surface area contributed by atoms with Gasteiger partial charge in [0.15, 0.2) is 5.69 Å². The number of nitrogens with two attached hydrogens (primary N) is 1. The maximum absolute atomic E-state index is 13.3. The van der Waals surface area contributed by atoms with Gasteiger partial charge in [-0.3, -0.25) is 14.4 Å². The molecular formula is C25H26N4O4. The van der Waals surface area contributed by atoms with Crippen LogP contribution in [0.15, 0.2) is 53.1 Å². The van der Waals surface area contributed by atoms with Crippen molar-refractivity contribution in [3.8, 4) is 0 Å². The van der Waals surface area contributed by atoms with E-state index in [0.29, 0.717) is 31.5 Å². The first-order valence-corrected chi connectivity index (χ1v) is 11.3. The van der Waals surface area contributed by atoms with Gasteiger partial charge < -0.3 is 20.1 Å². The Morgan fingerprint density at radius 1 is 0.879 bits per heavy atom. The van der Waals surface area contributed by atoms with Gasteiger partial charge in [0.1, 0.15) is 0 Å². The van der Waals surface area contributed by atoms with Gasteiger partial charge in [-0.25, -0.2) is 0 Å². The van der Waals surface area contributed by atoms with Gasteiger partial charge in [0.05, 0.1) is 0 Å². The van der Waals surface area contributed by atoms with E-state index in [2.05, 4.69) is 5.16 Å². The summed E-state index contributed by atoms with van der Waals surface area (Å²) in [5.74, 6) is -0.246. The molecule has 1 aromatic heterocycles. The lowest BCUT2D eigenvalue weighted by Crippen LogP contribution is -2.54. The summed E-state index contributed by atoms with van der Waals surface area (Å²) in [5, 5.41) is 5.72. The lowest BCUT2D eigenvalue weighted by atomic mass is 9.82. The van der Waals surface area contributed by atoms with Crippen LogP contribution in [0, 0.1) is 11.8 Å². The maximum atomic E-state index is 13.3. The molecule has 1 unspecified atom stereocenters. The Hall–Kier alpha value is -3.68. The monoisotopic (exact) mass is 446 g/mol. The molecule has 3 heterocycles. The van der Waals surface area contributed by atoms with Crippen LogP contribution in [0.3, 0.4) is 0 Å². The molecule has 0 spiro atoms. The molecule has 2 fully saturated rings. The molecule has 3 amide bonds. The van der Waals surface area contributed by atoms with Gasteiger partial charge in [0.2, 0.25) is 5.76 Å². The molecule has 2 saturated heterocycles. The fourth-order valence-corrected chi connectivity index (χ4v) is 4.87. The summed E-state index contributed by atoms with van der Waals surface area (Å²) in [5.41, 5.74) is 5.84. The van der Waals surface area contributed by atoms with Crippen molar-refractivity contribution < 1.29 is 18.9 Å². The van der Waals surface area contributed by atoms with Crippen molar-refractivity contribution in [2.75, 3.05) is 26.2 Å². The van der Waals surface area contributed by atoms with Crippen LogP contribution in [0.1, 0.15) is 50.7 Å². The zero-order valence-corrected chi connectivity index (χ0v) is 18.3. The number of hydrogen-bond donors (Lipinski definition) is 1. The normalized spacial score (nSPS) is 19.2. The number of primary amides is 1. The number of fused-ring (bicyclic) bond motifs is 1. The van der Waals surface area contributed by atoms with Crippen LogP contribution < -0.4 is 5.73 Å². The molecule has 8 nitrogen and oxygen atoms in total. The minimum atomic E-state index is -0.728. The second-order valence-electron chi connectivity index (χ2n) is 8.98. The number of nitrogens with zero attached hydrogens (tertiary/aromatic N) is 3. The van der Waals surface area contributed by atoms with E-state index in [-0.39, 0.29) is 23.3 Å². The number of aromatic nitrogens is 1. The molecule has 2 aromatic carbocycles. The largest absolute Gasteiger partial charge is 0.364 e. The minimum Gasteiger partial charge on any atom is -0.364 e. The molecule has 0 saturated carbocycles. The van der Waals surface area contributed by atoms with Crippen LogP contribution in [0.2, 0.25) is 0 Å². The Morgan fingerprint density at radius 3 is 2.39 bits per heavy atom. The number of carbonyl (C=O) groups excluding carboxylic acids is 3. The smallest absolute Gasteiger partial charge is 0.292 e. The highest BCUT2D eigenvalue weighted by atomic mass is 16.5. The number of carbonyl (C=O) groups is 3. The molecule has 0 radical (unpaired) electrons. The highest BCUT2D eigenvalue weighted by molar-refractivity contribution is 5.99. The van der Waals surface area contributed by atoms with E-state index in [1.165, 1.54) is 6.07 Å². The van der Waals surface area contributed by atoms with E-state index in [0.717, 1.165) is 42.1 Å². The van der Waals surface area contributed by atoms with E-state index >= 15 is 0 Å². The molecule has 2 N–H and O–H groups in total. The molecule has 0 bridgehead atoms. The van der Waals surface area contributed by atoms with Gasteiger partial charge in [-0.1, -0.05) is 41.9 Å². The van der Waals surface area contributed by atoms with Gasteiger partial charge >= 0.3 is 0 Å². The van der Waals surface area contributed by atoms with E-state index in [1.54, 1.807) is 4.90 Å². The minimum absolute atomic E-state index is 0.0243. The summed E-state index contributed by atoms with van der Waals surface area (Å²) in [6, 6.07) is 15.2. The van der Waals surface area contributed by atoms with Crippen LogP contribution in [-0.4, -0.2) is 58.9 Å². The second-order valence-corrected chi connectivity index (χ2v) is 8.98. The lowest BCUT2D eigenvalue weighted by Gasteiger charge is -2.43. The molecule has 170 valence electrons. The van der Waals surface area contributed by atoms with Crippen molar-refractivity contribution in [3.05, 3.63) is 65.5 Å². The van der Waals surface area contributed by atoms with Gasteiger partial charge in [0, 0.05) is 37.8 Å². The summed E-state index contributed by atoms with van der Waals surface area (Å²) in [6.45, 7) is 2.67. The van der Waals surface area contributed by atoms with Crippen LogP contribution in [0.25, 0.3) is 10.8 Å². The van der Waals surface area contributed by atoms with E-state index < -0.39 is 5.91 Å². The summed E-state index contributed by atoms with van der Waals surface area (Å²) < 4.78 is 4.98. The molecule has 1 atom stereocenters. The number of likely N-dealkylation sites (tertiary alicyclic amines) is 2. The van der Waals surface area contributed by atoms with Crippen molar-refractivity contribution in [1.82, 2.24) is 15.0 Å². The zero-order chi connectivity index (χ0) is 22.9. The summed E-state index contributed by atoms with van der Waals surface area (Å²) >= 11 is 0. The van der Waals surface area contributed by atoms with Gasteiger partial charge in [-0.15, -0.1) is 0 Å². The predicted molar refractivity (Wildman–Crippen MR) is 122 cm³/mol. The lowest BCUT2D eigenvalue weighted by molar-refractivity contribution is 0.0263. The molecule has 2 aliphatic heterocycles. The SMILES string of the molecule is NC(=O)c1cc(C(=O)N2CC(C3CCCCN(C(=O)c4ccc5ccccc5c4)C3)C2)on1. The quantitative estimate of drug-likeness (QED) is 0.663. The summed E-state index contributed by atoms with van der Waals surface area (Å²) in [6.07, 6.45) is 3.10. The molecule has 3 aromatic rings. The Labute approximate surface area is 191 Å². The standard InChI is InChI=1S/C25H26N4O4/c26-23(30)21-12-22(33-27-21)25(32)29-14-20(15-29)19-7-3-4-10-28(13-19)24(31)18-9-8-16-5-1-2-6-17(16)11-18/h1-2,5-6,8-9,11-12,19-20H,3-4,7,10,13-15H2,(H2,26,30). The van der Waals surface area contributed by atoms with Crippen molar-refractivity contribution in [2.45, 2.75) is 19.3 Å². The first-order valence-electron chi connectivity index (χ1n) is 11.3. The molecule has 0 aliphatic carbocycles. The van der Waals surface area contributed by atoms with Crippen LogP contribution in [0.5, 0.6) is 0 Å². The molecular weight excluding hydrogens is 420 g/mol. The molecule has 8 heteroatoms. The summed E-state index contributed by atoms with van der Waals surface area (Å²) in [4.78, 5) is 40.7. The Kier molecular flexibility index (Phi) is 5.58. The fourth-order valence-electron chi connectivity index (χ4n) is 4.87.